The zero-order valence-corrected chi connectivity index (χ0v) is 15.6. The number of unbranched alkanes of at least 4 members (excludes halogenated alkanes) is 10. The van der Waals surface area contributed by atoms with Gasteiger partial charge in [0.2, 0.25) is 0 Å². The Kier molecular flexibility index (Phi) is 24.1. The van der Waals surface area contributed by atoms with Crippen molar-refractivity contribution in [2.24, 2.45) is 0 Å². The first kappa shape index (κ1) is 21.3. The van der Waals surface area contributed by atoms with Crippen LogP contribution in [0.15, 0.2) is 0 Å². The average Bonchev–Trinajstić information content (AvgIpc) is 2.35. The summed E-state index contributed by atoms with van der Waals surface area (Å²) in [6.45, 7) is 4.59. The number of hydrogen-bond acceptors (Lipinski definition) is 0. The van der Waals surface area contributed by atoms with Crippen LogP contribution in [0.1, 0.15) is 90.9 Å². The minimum Gasteiger partial charge on any atom is -1.00 e. The fraction of sp³-hybridized carbons (Fsp3) is 1.00. The third-order valence-electron chi connectivity index (χ3n) is 3.52. The molecule has 0 saturated heterocycles. The van der Waals surface area contributed by atoms with Gasteiger partial charge in [0, 0.05) is 0 Å². The Morgan fingerprint density at radius 2 is 0.833 bits per heavy atom. The second kappa shape index (κ2) is 20.3. The van der Waals surface area contributed by atoms with Crippen LogP contribution >= 0.6 is 0 Å². The third kappa shape index (κ3) is 19.4. The number of rotatable bonds is 14. The quantitative estimate of drug-likeness (QED) is 0.338. The van der Waals surface area contributed by atoms with Gasteiger partial charge in [0.15, 0.2) is 0 Å². The molecular weight excluding hydrogens is 299 g/mol. The molecule has 0 aromatic rings. The molecule has 2 heteroatoms. The van der Waals surface area contributed by atoms with Crippen molar-refractivity contribution in [3.63, 3.8) is 0 Å². The van der Waals surface area contributed by atoms with Crippen LogP contribution in [-0.2, 0) is 0 Å². The standard InChI is InChI=1S/2C8H17.Al.BrH/c2*1-3-5-7-8-6-4-2;;/h2*1,3-8H2,2H3;;1H/q;;+1;/p-1. The van der Waals surface area contributed by atoms with Gasteiger partial charge in [0.05, 0.1) is 0 Å². The van der Waals surface area contributed by atoms with E-state index in [0.717, 1.165) is 15.2 Å². The molecule has 0 unspecified atom stereocenters. The normalized spacial score (nSPS) is 9.89. The molecule has 0 aliphatic rings. The van der Waals surface area contributed by atoms with Crippen LogP contribution in [0.4, 0.5) is 0 Å². The molecule has 0 nitrogen and oxygen atoms in total. The molecule has 0 N–H and O–H groups in total. The predicted octanol–water partition coefficient (Wildman–Crippen LogP) is 3.25. The van der Waals surface area contributed by atoms with Crippen LogP contribution in [-0.4, -0.2) is 15.2 Å². The van der Waals surface area contributed by atoms with Crippen LogP contribution in [0.2, 0.25) is 10.6 Å². The molecule has 0 fully saturated rings. The second-order valence-corrected chi connectivity index (χ2v) is 7.13. The first-order valence-electron chi connectivity index (χ1n) is 8.23. The van der Waals surface area contributed by atoms with Gasteiger partial charge in [-0.2, -0.15) is 0 Å². The van der Waals surface area contributed by atoms with Crippen molar-refractivity contribution < 1.29 is 17.0 Å². The molecule has 0 saturated carbocycles. The molecule has 0 aliphatic heterocycles. The van der Waals surface area contributed by atoms with Crippen LogP contribution in [0.25, 0.3) is 0 Å². The van der Waals surface area contributed by atoms with E-state index in [1.54, 1.807) is 10.6 Å². The summed E-state index contributed by atoms with van der Waals surface area (Å²) in [5, 5.41) is 3.14. The van der Waals surface area contributed by atoms with Crippen LogP contribution in [0, 0.1) is 0 Å². The van der Waals surface area contributed by atoms with Gasteiger partial charge in [0.1, 0.15) is 0 Å². The van der Waals surface area contributed by atoms with E-state index in [9.17, 15) is 0 Å². The fourth-order valence-electron chi connectivity index (χ4n) is 2.28. The zero-order valence-electron chi connectivity index (χ0n) is 12.9. The van der Waals surface area contributed by atoms with E-state index in [0.29, 0.717) is 0 Å². The Labute approximate surface area is 133 Å². The molecule has 0 rings (SSSR count). The second-order valence-electron chi connectivity index (χ2n) is 5.40. The van der Waals surface area contributed by atoms with Crippen molar-refractivity contribution in [2.45, 2.75) is 101 Å². The summed E-state index contributed by atoms with van der Waals surface area (Å²) in [6, 6.07) is 0. The first-order valence-corrected chi connectivity index (χ1v) is 9.86. The molecule has 0 spiro atoms. The van der Waals surface area contributed by atoms with E-state index in [1.807, 2.05) is 0 Å². The fourth-order valence-corrected chi connectivity index (χ4v) is 3.73. The predicted molar refractivity (Wildman–Crippen MR) is 82.1 cm³/mol. The van der Waals surface area contributed by atoms with Gasteiger partial charge in [-0.05, 0) is 0 Å². The maximum atomic E-state index is 2.30. The van der Waals surface area contributed by atoms with E-state index < -0.39 is 0 Å². The average molecular weight is 333 g/mol. The Balaban J connectivity index is 0. The Morgan fingerprint density at radius 3 is 1.22 bits per heavy atom. The van der Waals surface area contributed by atoms with Crippen LogP contribution < -0.4 is 17.0 Å². The molecule has 0 radical (unpaired) electrons. The van der Waals surface area contributed by atoms with E-state index >= 15 is 0 Å². The molecule has 0 atom stereocenters. The SMILES string of the molecule is CCCCCCC[CH2][Al+][CH2]CCCCCCC.[Br-]. The van der Waals surface area contributed by atoms with Gasteiger partial charge >= 0.3 is 117 Å². The summed E-state index contributed by atoms with van der Waals surface area (Å²) < 4.78 is 0. The van der Waals surface area contributed by atoms with Crippen molar-refractivity contribution >= 4 is 15.2 Å². The van der Waals surface area contributed by atoms with Gasteiger partial charge in [-0.3, -0.25) is 0 Å². The minimum atomic E-state index is 0. The largest absolute Gasteiger partial charge is 1.00 e. The van der Waals surface area contributed by atoms with Gasteiger partial charge in [-0.25, -0.2) is 0 Å². The van der Waals surface area contributed by atoms with Crippen LogP contribution in [0.5, 0.6) is 0 Å². The van der Waals surface area contributed by atoms with Gasteiger partial charge < -0.3 is 17.0 Å². The summed E-state index contributed by atoms with van der Waals surface area (Å²) in [5.41, 5.74) is 0. The third-order valence-corrected chi connectivity index (χ3v) is 5.16. The van der Waals surface area contributed by atoms with Gasteiger partial charge in [-0.15, -0.1) is 0 Å². The van der Waals surface area contributed by atoms with Crippen molar-refractivity contribution in [1.29, 1.82) is 0 Å². The molecule has 0 heterocycles. The molecule has 108 valence electrons. The van der Waals surface area contributed by atoms with Crippen molar-refractivity contribution in [3.8, 4) is 0 Å². The molecule has 0 bridgehead atoms. The first-order chi connectivity index (χ1) is 8.41. The summed E-state index contributed by atoms with van der Waals surface area (Å²) in [7, 11) is 0. The van der Waals surface area contributed by atoms with Crippen molar-refractivity contribution in [1.82, 2.24) is 0 Å². The van der Waals surface area contributed by atoms with E-state index in [2.05, 4.69) is 13.8 Å². The number of hydrogen-bond donors (Lipinski definition) is 0. The summed E-state index contributed by atoms with van der Waals surface area (Å²) in [4.78, 5) is 0. The number of halogens is 1. The topological polar surface area (TPSA) is 0 Å². The Bertz CT molecular complexity index is 114. The van der Waals surface area contributed by atoms with E-state index in [1.165, 1.54) is 77.0 Å². The van der Waals surface area contributed by atoms with Crippen LogP contribution in [0.3, 0.4) is 0 Å². The smallest absolute Gasteiger partial charge is 1.00 e. The maximum absolute atomic E-state index is 2.30. The molecule has 0 aromatic carbocycles. The minimum absolute atomic E-state index is 0. The molecule has 18 heavy (non-hydrogen) atoms. The van der Waals surface area contributed by atoms with Gasteiger partial charge in [-0.1, -0.05) is 0 Å². The molecule has 0 aromatic heterocycles. The molecule has 0 aliphatic carbocycles. The summed E-state index contributed by atoms with van der Waals surface area (Å²) >= 11 is 0.794. The summed E-state index contributed by atoms with van der Waals surface area (Å²) in [5.74, 6) is 0. The molecular formula is C16H34AlBr. The zero-order chi connectivity index (χ0) is 12.6. The Hall–Kier alpha value is 1.01. The maximum Gasteiger partial charge on any atom is -1.00 e. The monoisotopic (exact) mass is 332 g/mol. The summed E-state index contributed by atoms with van der Waals surface area (Å²) in [6.07, 6.45) is 17.6. The Morgan fingerprint density at radius 1 is 0.500 bits per heavy atom. The molecule has 0 amide bonds. The van der Waals surface area contributed by atoms with Gasteiger partial charge in [0.25, 0.3) is 0 Å². The van der Waals surface area contributed by atoms with Crippen molar-refractivity contribution in [3.05, 3.63) is 0 Å². The van der Waals surface area contributed by atoms with E-state index in [-0.39, 0.29) is 17.0 Å². The van der Waals surface area contributed by atoms with E-state index in [4.69, 9.17) is 0 Å². The van der Waals surface area contributed by atoms with Crippen molar-refractivity contribution in [2.75, 3.05) is 0 Å².